The van der Waals surface area contributed by atoms with E-state index in [0.717, 1.165) is 6.07 Å². The van der Waals surface area contributed by atoms with Gasteiger partial charge in [-0.2, -0.15) is 0 Å². The van der Waals surface area contributed by atoms with E-state index in [0.29, 0.717) is 18.7 Å². The Morgan fingerprint density at radius 1 is 1.29 bits per heavy atom. The van der Waals surface area contributed by atoms with Gasteiger partial charge in [-0.25, -0.2) is 13.2 Å². The minimum atomic E-state index is -3.11. The number of hydrogen-bond donors (Lipinski definition) is 1. The van der Waals surface area contributed by atoms with Crippen molar-refractivity contribution >= 4 is 27.2 Å². The fourth-order valence-electron chi connectivity index (χ4n) is 2.26. The quantitative estimate of drug-likeness (QED) is 0.651. The Bertz CT molecular complexity index is 685. The van der Waals surface area contributed by atoms with Crippen molar-refractivity contribution in [1.29, 1.82) is 0 Å². The van der Waals surface area contributed by atoms with Crippen LogP contribution < -0.4 is 4.90 Å². The fraction of sp³-hybridized carbons (Fsp3) is 0.417. The van der Waals surface area contributed by atoms with Crippen LogP contribution in [0.4, 0.5) is 11.4 Å². The molecule has 1 fully saturated rings. The van der Waals surface area contributed by atoms with Gasteiger partial charge in [0.05, 0.1) is 27.7 Å². The number of carboxylic acid groups (broad SMARTS) is 1. The monoisotopic (exact) mass is 314 g/mol. The summed E-state index contributed by atoms with van der Waals surface area (Å²) in [4.78, 5) is 23.0. The first kappa shape index (κ1) is 15.2. The topological polar surface area (TPSA) is 118 Å². The largest absolute Gasteiger partial charge is 0.478 e. The predicted octanol–water partition coefficient (Wildman–Crippen LogP) is 0.918. The Balaban J connectivity index is 2.39. The number of aromatic carboxylic acids is 1. The zero-order valence-corrected chi connectivity index (χ0v) is 11.9. The van der Waals surface area contributed by atoms with Gasteiger partial charge in [0, 0.05) is 25.2 Å². The van der Waals surface area contributed by atoms with Crippen LogP contribution in [-0.4, -0.2) is 49.0 Å². The number of non-ortho nitro benzene ring substituents is 1. The van der Waals surface area contributed by atoms with Crippen LogP contribution in [0.1, 0.15) is 16.8 Å². The van der Waals surface area contributed by atoms with E-state index < -0.39 is 20.7 Å². The minimum Gasteiger partial charge on any atom is -0.478 e. The SMILES string of the molecule is O=C(O)c1cc([N+](=O)[O-])ccc1N1CCCS(=O)(=O)CC1. The van der Waals surface area contributed by atoms with Crippen molar-refractivity contribution < 1.29 is 23.2 Å². The molecule has 0 radical (unpaired) electrons. The van der Waals surface area contributed by atoms with E-state index >= 15 is 0 Å². The molecule has 8 nitrogen and oxygen atoms in total. The maximum absolute atomic E-state index is 11.6. The Kier molecular flexibility index (Phi) is 4.12. The van der Waals surface area contributed by atoms with E-state index in [2.05, 4.69) is 0 Å². The van der Waals surface area contributed by atoms with Crippen molar-refractivity contribution in [2.75, 3.05) is 29.5 Å². The summed E-state index contributed by atoms with van der Waals surface area (Å²) in [6.45, 7) is 0.581. The first-order valence-electron chi connectivity index (χ1n) is 6.27. The van der Waals surface area contributed by atoms with Crippen molar-refractivity contribution in [2.45, 2.75) is 6.42 Å². The lowest BCUT2D eigenvalue weighted by Gasteiger charge is -2.23. The van der Waals surface area contributed by atoms with Gasteiger partial charge in [0.15, 0.2) is 9.84 Å². The van der Waals surface area contributed by atoms with Crippen molar-refractivity contribution in [3.05, 3.63) is 33.9 Å². The molecule has 21 heavy (non-hydrogen) atoms. The lowest BCUT2D eigenvalue weighted by atomic mass is 10.1. The van der Waals surface area contributed by atoms with Crippen molar-refractivity contribution in [3.8, 4) is 0 Å². The maximum Gasteiger partial charge on any atom is 0.338 e. The highest BCUT2D eigenvalue weighted by atomic mass is 32.2. The molecule has 0 aliphatic carbocycles. The van der Waals surface area contributed by atoms with Crippen LogP contribution >= 0.6 is 0 Å². The molecule has 0 atom stereocenters. The zero-order valence-electron chi connectivity index (χ0n) is 11.1. The van der Waals surface area contributed by atoms with Gasteiger partial charge in [-0.3, -0.25) is 10.1 Å². The van der Waals surface area contributed by atoms with Crippen molar-refractivity contribution in [2.24, 2.45) is 0 Å². The molecule has 1 N–H and O–H groups in total. The van der Waals surface area contributed by atoms with Gasteiger partial charge in [0.2, 0.25) is 0 Å². The second-order valence-corrected chi connectivity index (χ2v) is 7.06. The molecule has 9 heteroatoms. The molecule has 114 valence electrons. The van der Waals surface area contributed by atoms with Gasteiger partial charge in [-0.1, -0.05) is 0 Å². The molecule has 2 rings (SSSR count). The highest BCUT2D eigenvalue weighted by Crippen LogP contribution is 2.26. The Hall–Kier alpha value is -2.16. The average Bonchev–Trinajstić information content (AvgIpc) is 2.59. The summed E-state index contributed by atoms with van der Waals surface area (Å²) in [7, 11) is -3.11. The molecule has 1 saturated heterocycles. The summed E-state index contributed by atoms with van der Waals surface area (Å²) in [5.41, 5.74) is -0.188. The summed E-state index contributed by atoms with van der Waals surface area (Å²) in [6, 6.07) is 3.58. The molecule has 1 aliphatic heterocycles. The second-order valence-electron chi connectivity index (χ2n) is 4.76. The number of hydrogen-bond acceptors (Lipinski definition) is 6. The van der Waals surface area contributed by atoms with Gasteiger partial charge in [0.25, 0.3) is 5.69 Å². The summed E-state index contributed by atoms with van der Waals surface area (Å²) in [5.74, 6) is -1.26. The van der Waals surface area contributed by atoms with Crippen molar-refractivity contribution in [1.82, 2.24) is 0 Å². The van der Waals surface area contributed by atoms with Crippen LogP contribution in [0.25, 0.3) is 0 Å². The van der Waals surface area contributed by atoms with E-state index in [1.807, 2.05) is 0 Å². The van der Waals surface area contributed by atoms with Gasteiger partial charge >= 0.3 is 5.97 Å². The smallest absolute Gasteiger partial charge is 0.338 e. The van der Waals surface area contributed by atoms with E-state index in [1.54, 1.807) is 4.90 Å². The van der Waals surface area contributed by atoms with Crippen LogP contribution in [0.5, 0.6) is 0 Å². The van der Waals surface area contributed by atoms with Crippen molar-refractivity contribution in [3.63, 3.8) is 0 Å². The first-order chi connectivity index (χ1) is 9.80. The fourth-order valence-corrected chi connectivity index (χ4v) is 3.54. The summed E-state index contributed by atoms with van der Waals surface area (Å²) in [6.07, 6.45) is 0.401. The zero-order chi connectivity index (χ0) is 15.6. The normalized spacial score (nSPS) is 18.0. The molecule has 1 aromatic carbocycles. The number of carbonyl (C=O) groups is 1. The third-order valence-corrected chi connectivity index (χ3v) is 5.03. The van der Waals surface area contributed by atoms with Gasteiger partial charge in [-0.15, -0.1) is 0 Å². The number of rotatable bonds is 3. The highest BCUT2D eigenvalue weighted by molar-refractivity contribution is 7.91. The van der Waals surface area contributed by atoms with Gasteiger partial charge < -0.3 is 10.0 Å². The number of carboxylic acids is 1. The molecule has 1 aromatic rings. The van der Waals surface area contributed by atoms with Crippen LogP contribution in [0.15, 0.2) is 18.2 Å². The summed E-state index contributed by atoms with van der Waals surface area (Å²) >= 11 is 0. The molecule has 1 aliphatic rings. The highest BCUT2D eigenvalue weighted by Gasteiger charge is 2.24. The van der Waals surface area contributed by atoms with E-state index in [9.17, 15) is 28.4 Å². The molecular weight excluding hydrogens is 300 g/mol. The van der Waals surface area contributed by atoms with Crippen LogP contribution in [0.3, 0.4) is 0 Å². The molecule has 1 heterocycles. The molecule has 0 unspecified atom stereocenters. The van der Waals surface area contributed by atoms with Gasteiger partial charge in [0.1, 0.15) is 0 Å². The number of nitrogens with zero attached hydrogens (tertiary/aromatic N) is 2. The first-order valence-corrected chi connectivity index (χ1v) is 8.09. The van der Waals surface area contributed by atoms with Crippen LogP contribution in [-0.2, 0) is 9.84 Å². The molecule has 0 amide bonds. The number of anilines is 1. The average molecular weight is 314 g/mol. The lowest BCUT2D eigenvalue weighted by molar-refractivity contribution is -0.384. The lowest BCUT2D eigenvalue weighted by Crippen LogP contribution is -2.28. The number of sulfone groups is 1. The Morgan fingerprint density at radius 2 is 2.00 bits per heavy atom. The summed E-state index contributed by atoms with van der Waals surface area (Å²) in [5, 5.41) is 19.9. The molecular formula is C12H14N2O6S. The maximum atomic E-state index is 11.6. The van der Waals surface area contributed by atoms with E-state index in [-0.39, 0.29) is 29.3 Å². The minimum absolute atomic E-state index is 0.0525. The third kappa shape index (κ3) is 3.48. The third-order valence-electron chi connectivity index (χ3n) is 3.32. The Labute approximate surface area is 121 Å². The molecule has 0 saturated carbocycles. The predicted molar refractivity (Wildman–Crippen MR) is 75.5 cm³/mol. The molecule has 0 bridgehead atoms. The van der Waals surface area contributed by atoms with Crippen LogP contribution in [0, 0.1) is 10.1 Å². The number of benzene rings is 1. The van der Waals surface area contributed by atoms with E-state index in [4.69, 9.17) is 0 Å². The van der Waals surface area contributed by atoms with Crippen LogP contribution in [0.2, 0.25) is 0 Å². The number of nitro benzene ring substituents is 1. The second kappa shape index (κ2) is 5.68. The molecule has 0 spiro atoms. The van der Waals surface area contributed by atoms with Gasteiger partial charge in [-0.05, 0) is 12.5 Å². The standard InChI is InChI=1S/C12H14N2O6S/c15-12(16)10-8-9(14(17)18)2-3-11(10)13-4-1-6-21(19,20)7-5-13/h2-3,8H,1,4-7H2,(H,15,16). The number of nitro groups is 1. The van der Waals surface area contributed by atoms with E-state index in [1.165, 1.54) is 12.1 Å². The summed E-state index contributed by atoms with van der Waals surface area (Å²) < 4.78 is 23.2. The molecule has 0 aromatic heterocycles. The Morgan fingerprint density at radius 3 is 2.62 bits per heavy atom.